The maximum absolute atomic E-state index is 12.7. The van der Waals surface area contributed by atoms with E-state index in [1.165, 1.54) is 0 Å². The van der Waals surface area contributed by atoms with E-state index in [0.717, 1.165) is 30.5 Å². The van der Waals surface area contributed by atoms with Crippen molar-refractivity contribution < 1.29 is 4.79 Å². The third kappa shape index (κ3) is 1.99. The molecular formula is C19H14ClN3O2. The average molecular weight is 352 g/mol. The number of nitrogens with one attached hydrogen (secondary N) is 1. The van der Waals surface area contributed by atoms with Crippen molar-refractivity contribution in [3.63, 3.8) is 0 Å². The normalized spacial score (nSPS) is 18.7. The summed E-state index contributed by atoms with van der Waals surface area (Å²) in [6.45, 7) is 0.773. The molecule has 2 aliphatic heterocycles. The number of carbonyl (C=O) groups excluding carboxylic acids is 1. The minimum Gasteiger partial charge on any atom is -0.332 e. The lowest BCUT2D eigenvalue weighted by Gasteiger charge is -2.16. The van der Waals surface area contributed by atoms with E-state index in [9.17, 15) is 9.59 Å². The second-order valence-corrected chi connectivity index (χ2v) is 6.88. The molecule has 1 aromatic heterocycles. The molecule has 2 aliphatic rings. The molecule has 3 aromatic rings. The highest BCUT2D eigenvalue weighted by Crippen LogP contribution is 2.44. The van der Waals surface area contributed by atoms with Crippen LogP contribution in [0.5, 0.6) is 0 Å². The lowest BCUT2D eigenvalue weighted by molar-refractivity contribution is 0.0776. The van der Waals surface area contributed by atoms with Gasteiger partial charge in [0.25, 0.3) is 11.5 Å². The number of amides is 1. The van der Waals surface area contributed by atoms with E-state index in [-0.39, 0.29) is 17.5 Å². The molecule has 2 aromatic carbocycles. The van der Waals surface area contributed by atoms with Crippen molar-refractivity contribution in [2.45, 2.75) is 18.9 Å². The summed E-state index contributed by atoms with van der Waals surface area (Å²) in [6.07, 6.45) is 1.91. The fourth-order valence-electron chi connectivity index (χ4n) is 4.04. The number of nitrogens with zero attached hydrogens (tertiary/aromatic N) is 2. The van der Waals surface area contributed by atoms with Crippen LogP contribution in [0, 0.1) is 0 Å². The largest absolute Gasteiger partial charge is 0.332 e. The molecule has 0 spiro atoms. The van der Waals surface area contributed by atoms with Gasteiger partial charge in [-0.25, -0.2) is 4.98 Å². The van der Waals surface area contributed by atoms with Crippen LogP contribution in [0.2, 0.25) is 5.02 Å². The Morgan fingerprint density at radius 1 is 1.12 bits per heavy atom. The third-order valence-electron chi connectivity index (χ3n) is 5.12. The molecule has 5 nitrogen and oxygen atoms in total. The number of fused-ring (bicyclic) bond motifs is 4. The Hall–Kier alpha value is -2.66. The highest BCUT2D eigenvalue weighted by atomic mass is 35.5. The standard InChI is InChI=1S/C19H14ClN3O2/c20-12-6-2-7-13-17(12)22-18(24)16(21-13)10-4-1-5-11-15(10)14-8-3-9-23(14)19(11)25/h1-2,4-7,14H,3,8-9H2,(H,22,24). The Morgan fingerprint density at radius 3 is 2.80 bits per heavy atom. The summed E-state index contributed by atoms with van der Waals surface area (Å²) in [5.74, 6) is 0.0552. The zero-order chi connectivity index (χ0) is 17.1. The molecule has 1 fully saturated rings. The van der Waals surface area contributed by atoms with Gasteiger partial charge in [-0.1, -0.05) is 29.8 Å². The number of halogens is 1. The molecule has 5 rings (SSSR count). The number of benzene rings is 2. The number of hydrogen-bond acceptors (Lipinski definition) is 3. The van der Waals surface area contributed by atoms with Crippen LogP contribution in [-0.2, 0) is 0 Å². The first-order valence-corrected chi connectivity index (χ1v) is 8.66. The minimum atomic E-state index is -0.294. The van der Waals surface area contributed by atoms with Crippen molar-refractivity contribution in [3.05, 3.63) is 62.9 Å². The predicted octanol–water partition coefficient (Wildman–Crippen LogP) is 3.53. The number of carbonyl (C=O) groups is 1. The molecule has 0 saturated carbocycles. The monoisotopic (exact) mass is 351 g/mol. The first-order valence-electron chi connectivity index (χ1n) is 8.28. The lowest BCUT2D eigenvalue weighted by Crippen LogP contribution is -2.22. The SMILES string of the molecule is O=C1c2cccc(-c3nc4cccc(Cl)c4[nH]c3=O)c2C2CCCN12. The van der Waals surface area contributed by atoms with E-state index in [1.54, 1.807) is 12.1 Å². The number of aromatic nitrogens is 2. The first kappa shape index (κ1) is 14.7. The van der Waals surface area contributed by atoms with Crippen LogP contribution < -0.4 is 5.56 Å². The summed E-state index contributed by atoms with van der Waals surface area (Å²) in [5.41, 5.74) is 3.57. The Morgan fingerprint density at radius 2 is 1.92 bits per heavy atom. The van der Waals surface area contributed by atoms with E-state index >= 15 is 0 Å². The number of rotatable bonds is 1. The van der Waals surface area contributed by atoms with E-state index in [1.807, 2.05) is 29.2 Å². The number of hydrogen-bond donors (Lipinski definition) is 1. The maximum atomic E-state index is 12.7. The van der Waals surface area contributed by atoms with Crippen LogP contribution in [0.1, 0.15) is 34.8 Å². The van der Waals surface area contributed by atoms with Gasteiger partial charge in [-0.3, -0.25) is 9.59 Å². The molecule has 1 atom stereocenters. The highest BCUT2D eigenvalue weighted by molar-refractivity contribution is 6.34. The van der Waals surface area contributed by atoms with Gasteiger partial charge < -0.3 is 9.88 Å². The number of H-pyrrole nitrogens is 1. The molecule has 0 bridgehead atoms. The topological polar surface area (TPSA) is 66.1 Å². The van der Waals surface area contributed by atoms with Gasteiger partial charge in [0.1, 0.15) is 5.69 Å². The minimum absolute atomic E-state index is 0.0509. The van der Waals surface area contributed by atoms with Crippen molar-refractivity contribution in [2.75, 3.05) is 6.54 Å². The van der Waals surface area contributed by atoms with Crippen LogP contribution in [0.3, 0.4) is 0 Å². The Labute approximate surface area is 148 Å². The van der Waals surface area contributed by atoms with Gasteiger partial charge in [0.05, 0.1) is 22.1 Å². The Bertz CT molecular complexity index is 1110. The molecule has 0 radical (unpaired) electrons. The van der Waals surface area contributed by atoms with Crippen molar-refractivity contribution in [2.24, 2.45) is 0 Å². The average Bonchev–Trinajstić information content (AvgIpc) is 3.19. The van der Waals surface area contributed by atoms with Gasteiger partial charge in [-0.05, 0) is 36.6 Å². The van der Waals surface area contributed by atoms with Crippen LogP contribution in [-0.4, -0.2) is 27.3 Å². The molecule has 6 heteroatoms. The first-order chi connectivity index (χ1) is 12.1. The summed E-state index contributed by atoms with van der Waals surface area (Å²) in [4.78, 5) is 34.6. The second kappa shape index (κ2) is 5.17. The van der Waals surface area contributed by atoms with Crippen LogP contribution >= 0.6 is 11.6 Å². The van der Waals surface area contributed by atoms with Crippen LogP contribution in [0.15, 0.2) is 41.2 Å². The smallest absolute Gasteiger partial charge is 0.275 e. The van der Waals surface area contributed by atoms with Crippen molar-refractivity contribution in [1.29, 1.82) is 0 Å². The fourth-order valence-corrected chi connectivity index (χ4v) is 4.25. The van der Waals surface area contributed by atoms with Crippen molar-refractivity contribution in [3.8, 4) is 11.3 Å². The van der Waals surface area contributed by atoms with E-state index in [2.05, 4.69) is 9.97 Å². The maximum Gasteiger partial charge on any atom is 0.275 e. The summed E-state index contributed by atoms with van der Waals surface area (Å²) in [6, 6.07) is 10.9. The summed E-state index contributed by atoms with van der Waals surface area (Å²) >= 11 is 6.15. The van der Waals surface area contributed by atoms with Gasteiger partial charge >= 0.3 is 0 Å². The molecule has 3 heterocycles. The molecule has 1 N–H and O–H groups in total. The van der Waals surface area contributed by atoms with E-state index < -0.39 is 0 Å². The molecule has 124 valence electrons. The molecule has 1 saturated heterocycles. The Balaban J connectivity index is 1.79. The molecule has 25 heavy (non-hydrogen) atoms. The van der Waals surface area contributed by atoms with Gasteiger partial charge in [-0.2, -0.15) is 0 Å². The third-order valence-corrected chi connectivity index (χ3v) is 5.43. The predicted molar refractivity (Wildman–Crippen MR) is 95.8 cm³/mol. The van der Waals surface area contributed by atoms with Crippen LogP contribution in [0.4, 0.5) is 0 Å². The summed E-state index contributed by atoms with van der Waals surface area (Å²) in [5, 5.41) is 0.462. The molecule has 1 amide bonds. The van der Waals surface area contributed by atoms with Gasteiger partial charge in [0, 0.05) is 17.7 Å². The zero-order valence-electron chi connectivity index (χ0n) is 13.3. The zero-order valence-corrected chi connectivity index (χ0v) is 14.0. The van der Waals surface area contributed by atoms with Crippen molar-refractivity contribution in [1.82, 2.24) is 14.9 Å². The fraction of sp³-hybridized carbons (Fsp3) is 0.211. The second-order valence-electron chi connectivity index (χ2n) is 6.47. The van der Waals surface area contributed by atoms with Gasteiger partial charge in [-0.15, -0.1) is 0 Å². The van der Waals surface area contributed by atoms with Crippen molar-refractivity contribution >= 4 is 28.5 Å². The molecule has 0 aliphatic carbocycles. The van der Waals surface area contributed by atoms with E-state index in [0.29, 0.717) is 27.3 Å². The quantitative estimate of drug-likeness (QED) is 0.729. The molecular weight excluding hydrogens is 338 g/mol. The lowest BCUT2D eigenvalue weighted by atomic mass is 9.94. The van der Waals surface area contributed by atoms with E-state index in [4.69, 9.17) is 11.6 Å². The van der Waals surface area contributed by atoms with Crippen LogP contribution in [0.25, 0.3) is 22.3 Å². The highest BCUT2D eigenvalue weighted by Gasteiger charge is 2.41. The summed E-state index contributed by atoms with van der Waals surface area (Å²) in [7, 11) is 0. The summed E-state index contributed by atoms with van der Waals surface area (Å²) < 4.78 is 0. The number of aromatic amines is 1. The number of para-hydroxylation sites is 1. The Kier molecular flexibility index (Phi) is 3.03. The van der Waals surface area contributed by atoms with Gasteiger partial charge in [0.2, 0.25) is 0 Å². The van der Waals surface area contributed by atoms with Gasteiger partial charge in [0.15, 0.2) is 0 Å². The molecule has 1 unspecified atom stereocenters.